The number of nitrogens with zero attached hydrogens (tertiary/aromatic N) is 4. The quantitative estimate of drug-likeness (QED) is 0.933. The molecule has 0 bridgehead atoms. The molecule has 1 aromatic carbocycles. The molecule has 1 heterocycles. The molecule has 90 valence electrons. The van der Waals surface area contributed by atoms with Crippen LogP contribution in [0.25, 0.3) is 0 Å². The molecule has 6 heteroatoms. The summed E-state index contributed by atoms with van der Waals surface area (Å²) in [5.74, 6) is 0.536. The predicted octanol–water partition coefficient (Wildman–Crippen LogP) is 1.56. The zero-order valence-electron chi connectivity index (χ0n) is 9.63. The Morgan fingerprint density at radius 3 is 2.88 bits per heavy atom. The molecule has 0 aliphatic carbocycles. The van der Waals surface area contributed by atoms with Crippen LogP contribution in [0.3, 0.4) is 0 Å². The number of aliphatic hydroxyl groups excluding tert-OH is 1. The highest BCUT2D eigenvalue weighted by atomic mass is 79.9. The number of hydrogen-bond donors (Lipinski definition) is 1. The molecule has 1 aromatic heterocycles. The Morgan fingerprint density at radius 1 is 1.47 bits per heavy atom. The minimum atomic E-state index is -0.631. The Morgan fingerprint density at radius 2 is 2.24 bits per heavy atom. The lowest BCUT2D eigenvalue weighted by molar-refractivity contribution is 0.175. The Kier molecular flexibility index (Phi) is 3.54. The van der Waals surface area contributed by atoms with E-state index in [9.17, 15) is 5.11 Å². The summed E-state index contributed by atoms with van der Waals surface area (Å²) in [4.78, 5) is 1.38. The molecular formula is C11H13BrN4O. The number of aromatic nitrogens is 4. The Bertz CT molecular complexity index is 526. The van der Waals surface area contributed by atoms with E-state index in [4.69, 9.17) is 0 Å². The Labute approximate surface area is 108 Å². The summed E-state index contributed by atoms with van der Waals surface area (Å²) in [7, 11) is 1.70. The van der Waals surface area contributed by atoms with Crippen LogP contribution in [0, 0.1) is 6.92 Å². The van der Waals surface area contributed by atoms with Gasteiger partial charge in [0.1, 0.15) is 0 Å². The van der Waals surface area contributed by atoms with Crippen LogP contribution in [-0.4, -0.2) is 25.3 Å². The van der Waals surface area contributed by atoms with Crippen molar-refractivity contribution in [3.8, 4) is 0 Å². The molecule has 1 atom stereocenters. The van der Waals surface area contributed by atoms with E-state index in [1.165, 1.54) is 4.80 Å². The first-order valence-corrected chi connectivity index (χ1v) is 6.02. The molecule has 0 amide bonds. The van der Waals surface area contributed by atoms with Gasteiger partial charge in [0.2, 0.25) is 0 Å². The highest BCUT2D eigenvalue weighted by molar-refractivity contribution is 9.10. The first kappa shape index (κ1) is 12.2. The van der Waals surface area contributed by atoms with Crippen molar-refractivity contribution in [3.63, 3.8) is 0 Å². The van der Waals surface area contributed by atoms with E-state index in [0.717, 1.165) is 15.6 Å². The molecule has 0 aliphatic rings. The van der Waals surface area contributed by atoms with Gasteiger partial charge in [0.15, 0.2) is 5.82 Å². The van der Waals surface area contributed by atoms with Gasteiger partial charge in [0.25, 0.3) is 0 Å². The summed E-state index contributed by atoms with van der Waals surface area (Å²) in [5, 5.41) is 21.8. The van der Waals surface area contributed by atoms with Crippen LogP contribution in [0.4, 0.5) is 0 Å². The van der Waals surface area contributed by atoms with Crippen molar-refractivity contribution in [2.24, 2.45) is 7.05 Å². The monoisotopic (exact) mass is 296 g/mol. The van der Waals surface area contributed by atoms with Crippen molar-refractivity contribution >= 4 is 15.9 Å². The molecule has 1 N–H and O–H groups in total. The smallest absolute Gasteiger partial charge is 0.177 e. The lowest BCUT2D eigenvalue weighted by Gasteiger charge is -2.11. The Hall–Kier alpha value is -1.27. The maximum Gasteiger partial charge on any atom is 0.177 e. The summed E-state index contributed by atoms with van der Waals surface area (Å²) in [5.41, 5.74) is 1.95. The van der Waals surface area contributed by atoms with Crippen molar-refractivity contribution in [1.82, 2.24) is 20.2 Å². The average molecular weight is 297 g/mol. The van der Waals surface area contributed by atoms with Gasteiger partial charge in [0.05, 0.1) is 13.2 Å². The number of halogens is 1. The topological polar surface area (TPSA) is 63.8 Å². The minimum Gasteiger partial charge on any atom is -0.388 e. The van der Waals surface area contributed by atoms with E-state index in [1.54, 1.807) is 7.05 Å². The summed E-state index contributed by atoms with van der Waals surface area (Å²) in [6.07, 6.45) is -0.274. The third kappa shape index (κ3) is 2.89. The number of rotatable bonds is 3. The SMILES string of the molecule is Cc1ccc(Br)c(C(O)Cc2nnn(C)n2)c1. The van der Waals surface area contributed by atoms with Gasteiger partial charge >= 0.3 is 0 Å². The van der Waals surface area contributed by atoms with Gasteiger partial charge < -0.3 is 5.11 Å². The molecular weight excluding hydrogens is 284 g/mol. The number of benzene rings is 1. The molecule has 2 aromatic rings. The zero-order chi connectivity index (χ0) is 12.4. The maximum absolute atomic E-state index is 10.1. The van der Waals surface area contributed by atoms with Gasteiger partial charge in [0, 0.05) is 10.9 Å². The van der Waals surface area contributed by atoms with E-state index >= 15 is 0 Å². The average Bonchev–Trinajstić information content (AvgIpc) is 2.67. The normalized spacial score (nSPS) is 12.7. The zero-order valence-corrected chi connectivity index (χ0v) is 11.2. The standard InChI is InChI=1S/C11H13BrN4O/c1-7-3-4-9(12)8(5-7)10(17)6-11-13-15-16(2)14-11/h3-5,10,17H,6H2,1-2H3. The lowest BCUT2D eigenvalue weighted by atomic mass is 10.0. The minimum absolute atomic E-state index is 0.357. The van der Waals surface area contributed by atoms with Gasteiger partial charge in [-0.1, -0.05) is 33.6 Å². The lowest BCUT2D eigenvalue weighted by Crippen LogP contribution is -2.05. The van der Waals surface area contributed by atoms with Crippen LogP contribution >= 0.6 is 15.9 Å². The first-order valence-electron chi connectivity index (χ1n) is 5.23. The van der Waals surface area contributed by atoms with Crippen molar-refractivity contribution in [2.45, 2.75) is 19.4 Å². The molecule has 0 spiro atoms. The van der Waals surface area contributed by atoms with E-state index in [2.05, 4.69) is 31.3 Å². The number of tetrazole rings is 1. The van der Waals surface area contributed by atoms with Crippen molar-refractivity contribution in [2.75, 3.05) is 0 Å². The molecule has 17 heavy (non-hydrogen) atoms. The van der Waals surface area contributed by atoms with Crippen LogP contribution in [0.2, 0.25) is 0 Å². The highest BCUT2D eigenvalue weighted by Crippen LogP contribution is 2.26. The first-order chi connectivity index (χ1) is 8.06. The van der Waals surface area contributed by atoms with Crippen LogP contribution in [-0.2, 0) is 13.5 Å². The molecule has 0 saturated heterocycles. The second-order valence-corrected chi connectivity index (χ2v) is 4.79. The Balaban J connectivity index is 2.19. The molecule has 0 aliphatic heterocycles. The van der Waals surface area contributed by atoms with Gasteiger partial charge in [-0.25, -0.2) is 0 Å². The molecule has 5 nitrogen and oxygen atoms in total. The van der Waals surface area contributed by atoms with E-state index in [1.807, 2.05) is 25.1 Å². The second kappa shape index (κ2) is 4.93. The van der Waals surface area contributed by atoms with Gasteiger partial charge in [-0.15, -0.1) is 10.2 Å². The third-order valence-electron chi connectivity index (χ3n) is 2.44. The van der Waals surface area contributed by atoms with Gasteiger partial charge in [-0.3, -0.25) is 0 Å². The van der Waals surface area contributed by atoms with Crippen molar-refractivity contribution in [1.29, 1.82) is 0 Å². The van der Waals surface area contributed by atoms with Gasteiger partial charge in [-0.2, -0.15) is 4.80 Å². The molecule has 0 saturated carbocycles. The molecule has 0 fully saturated rings. The summed E-state index contributed by atoms with van der Waals surface area (Å²) >= 11 is 3.43. The maximum atomic E-state index is 10.1. The number of hydrogen-bond acceptors (Lipinski definition) is 4. The fourth-order valence-corrected chi connectivity index (χ4v) is 2.12. The summed E-state index contributed by atoms with van der Waals surface area (Å²) < 4.78 is 0.888. The molecule has 2 rings (SSSR count). The van der Waals surface area contributed by atoms with E-state index in [-0.39, 0.29) is 0 Å². The molecule has 1 unspecified atom stereocenters. The van der Waals surface area contributed by atoms with Crippen LogP contribution in [0.5, 0.6) is 0 Å². The fourth-order valence-electron chi connectivity index (χ4n) is 1.61. The molecule has 0 radical (unpaired) electrons. The van der Waals surface area contributed by atoms with Crippen LogP contribution in [0.15, 0.2) is 22.7 Å². The predicted molar refractivity (Wildman–Crippen MR) is 66.3 cm³/mol. The van der Waals surface area contributed by atoms with E-state index < -0.39 is 6.10 Å². The van der Waals surface area contributed by atoms with Crippen LogP contribution < -0.4 is 0 Å². The second-order valence-electron chi connectivity index (χ2n) is 3.94. The number of aliphatic hydroxyl groups is 1. The third-order valence-corrected chi connectivity index (χ3v) is 3.16. The van der Waals surface area contributed by atoms with Crippen molar-refractivity contribution < 1.29 is 5.11 Å². The van der Waals surface area contributed by atoms with E-state index in [0.29, 0.717) is 12.2 Å². The number of aryl methyl sites for hydroxylation is 2. The fraction of sp³-hybridized carbons (Fsp3) is 0.364. The highest BCUT2D eigenvalue weighted by Gasteiger charge is 2.15. The summed E-state index contributed by atoms with van der Waals surface area (Å²) in [6, 6.07) is 5.87. The van der Waals surface area contributed by atoms with Gasteiger partial charge in [-0.05, 0) is 23.8 Å². The van der Waals surface area contributed by atoms with Crippen molar-refractivity contribution in [3.05, 3.63) is 39.6 Å². The summed E-state index contributed by atoms with van der Waals surface area (Å²) in [6.45, 7) is 1.99. The van der Waals surface area contributed by atoms with Crippen LogP contribution in [0.1, 0.15) is 23.1 Å². The largest absolute Gasteiger partial charge is 0.388 e.